The topological polar surface area (TPSA) is 133 Å². The van der Waals surface area contributed by atoms with Crippen LogP contribution in [-0.2, 0) is 19.4 Å². The fourth-order valence-electron chi connectivity index (χ4n) is 2.11. The second-order valence-corrected chi connectivity index (χ2v) is 8.18. The van der Waals surface area contributed by atoms with Gasteiger partial charge in [0.15, 0.2) is 15.9 Å². The van der Waals surface area contributed by atoms with Gasteiger partial charge in [0.2, 0.25) is 0 Å². The van der Waals surface area contributed by atoms with Crippen molar-refractivity contribution in [2.45, 2.75) is 17.9 Å². The first-order valence-electron chi connectivity index (χ1n) is 7.75. The fourth-order valence-corrected chi connectivity index (χ4v) is 2.95. The van der Waals surface area contributed by atoms with E-state index in [0.29, 0.717) is 0 Å². The van der Waals surface area contributed by atoms with Crippen LogP contribution in [0, 0.1) is 10.1 Å². The third-order valence-electron chi connectivity index (χ3n) is 3.56. The number of esters is 1. The normalized spacial score (nSPS) is 12.1. The van der Waals surface area contributed by atoms with Gasteiger partial charge < -0.3 is 10.1 Å². The van der Waals surface area contributed by atoms with Crippen LogP contribution in [0.25, 0.3) is 0 Å². The molecule has 0 saturated heterocycles. The molecule has 9 nitrogen and oxygen atoms in total. The van der Waals surface area contributed by atoms with Crippen molar-refractivity contribution in [3.05, 3.63) is 63.2 Å². The summed E-state index contributed by atoms with van der Waals surface area (Å²) in [5.41, 5.74) is -0.273. The third kappa shape index (κ3) is 5.27. The van der Waals surface area contributed by atoms with Gasteiger partial charge in [-0.2, -0.15) is 0 Å². The van der Waals surface area contributed by atoms with Crippen molar-refractivity contribution >= 4 is 44.7 Å². The van der Waals surface area contributed by atoms with Gasteiger partial charge in [-0.15, -0.1) is 0 Å². The molecule has 0 aliphatic carbocycles. The lowest BCUT2D eigenvalue weighted by Crippen LogP contribution is -2.30. The molecule has 0 radical (unpaired) electrons. The van der Waals surface area contributed by atoms with E-state index in [2.05, 4.69) is 5.32 Å². The zero-order valence-electron chi connectivity index (χ0n) is 14.7. The number of amides is 1. The second-order valence-electron chi connectivity index (χ2n) is 5.76. The Hall–Kier alpha value is -2.98. The minimum atomic E-state index is -3.57. The number of anilines is 1. The maximum Gasteiger partial charge on any atom is 0.340 e. The number of hydrogen-bond acceptors (Lipinski definition) is 7. The maximum atomic E-state index is 12.3. The lowest BCUT2D eigenvalue weighted by molar-refractivity contribution is -0.384. The van der Waals surface area contributed by atoms with Gasteiger partial charge in [0.25, 0.3) is 11.6 Å². The molecule has 0 bridgehead atoms. The molecule has 1 atom stereocenters. The van der Waals surface area contributed by atoms with E-state index in [1.54, 1.807) is 0 Å². The lowest BCUT2D eigenvalue weighted by atomic mass is 10.2. The molecule has 148 valence electrons. The molecule has 1 amide bonds. The molecule has 0 aliphatic rings. The van der Waals surface area contributed by atoms with Crippen LogP contribution >= 0.6 is 11.6 Å². The van der Waals surface area contributed by atoms with Crippen molar-refractivity contribution in [3.63, 3.8) is 0 Å². The SMILES string of the molecule is C[C@H](OC(=O)c1cc(S(C)(=O)=O)ccc1Cl)C(=O)Nc1cccc([N+](=O)[O-])c1. The summed E-state index contributed by atoms with van der Waals surface area (Å²) in [7, 11) is -3.57. The number of rotatable bonds is 6. The van der Waals surface area contributed by atoms with Gasteiger partial charge in [-0.3, -0.25) is 14.9 Å². The second kappa shape index (κ2) is 8.36. The number of carbonyl (C=O) groups is 2. The average Bonchev–Trinajstić information content (AvgIpc) is 2.61. The molecule has 0 heterocycles. The Morgan fingerprint density at radius 2 is 1.89 bits per heavy atom. The third-order valence-corrected chi connectivity index (χ3v) is 5.00. The number of sulfone groups is 1. The van der Waals surface area contributed by atoms with E-state index in [4.69, 9.17) is 16.3 Å². The Balaban J connectivity index is 2.13. The van der Waals surface area contributed by atoms with Crippen molar-refractivity contribution in [1.82, 2.24) is 0 Å². The molecule has 0 fully saturated rings. The summed E-state index contributed by atoms with van der Waals surface area (Å²) < 4.78 is 28.3. The van der Waals surface area contributed by atoms with E-state index in [9.17, 15) is 28.1 Å². The highest BCUT2D eigenvalue weighted by Gasteiger charge is 2.22. The van der Waals surface area contributed by atoms with Gasteiger partial charge in [-0.05, 0) is 31.2 Å². The molecule has 28 heavy (non-hydrogen) atoms. The Kier molecular flexibility index (Phi) is 6.37. The van der Waals surface area contributed by atoms with Crippen LogP contribution in [0.3, 0.4) is 0 Å². The van der Waals surface area contributed by atoms with Crippen LogP contribution in [0.5, 0.6) is 0 Å². The van der Waals surface area contributed by atoms with Crippen LogP contribution in [0.4, 0.5) is 11.4 Å². The summed E-state index contributed by atoms with van der Waals surface area (Å²) in [5.74, 6) is -1.72. The van der Waals surface area contributed by atoms with E-state index in [-0.39, 0.29) is 26.9 Å². The predicted molar refractivity (Wildman–Crippen MR) is 101 cm³/mol. The Bertz CT molecular complexity index is 1050. The number of halogens is 1. The number of hydrogen-bond donors (Lipinski definition) is 1. The standard InChI is InChI=1S/C17H15ClN2O7S/c1-10(16(21)19-11-4-3-5-12(8-11)20(23)24)27-17(22)14-9-13(28(2,25)26)6-7-15(14)18/h3-10H,1-2H3,(H,19,21)/t10-/m0/s1. The summed E-state index contributed by atoms with van der Waals surface area (Å²) in [4.78, 5) is 34.5. The van der Waals surface area contributed by atoms with Crippen molar-refractivity contribution < 1.29 is 27.7 Å². The van der Waals surface area contributed by atoms with Crippen LogP contribution < -0.4 is 5.32 Å². The first-order chi connectivity index (χ1) is 13.0. The fraction of sp³-hybridized carbons (Fsp3) is 0.176. The van der Waals surface area contributed by atoms with Gasteiger partial charge in [-0.1, -0.05) is 17.7 Å². The molecule has 1 N–H and O–H groups in total. The number of nitro groups is 1. The number of ether oxygens (including phenoxy) is 1. The first kappa shape index (κ1) is 21.3. The monoisotopic (exact) mass is 426 g/mol. The zero-order chi connectivity index (χ0) is 21.1. The molecule has 0 aromatic heterocycles. The highest BCUT2D eigenvalue weighted by Crippen LogP contribution is 2.22. The van der Waals surface area contributed by atoms with Gasteiger partial charge in [0.1, 0.15) is 0 Å². The first-order valence-corrected chi connectivity index (χ1v) is 10.0. The van der Waals surface area contributed by atoms with Crippen LogP contribution in [0.1, 0.15) is 17.3 Å². The zero-order valence-corrected chi connectivity index (χ0v) is 16.3. The average molecular weight is 427 g/mol. The molecule has 0 aliphatic heterocycles. The molecule has 2 rings (SSSR count). The van der Waals surface area contributed by atoms with Crippen molar-refractivity contribution in [2.24, 2.45) is 0 Å². The van der Waals surface area contributed by atoms with E-state index in [1.807, 2.05) is 0 Å². The minimum absolute atomic E-state index is 0.0382. The Morgan fingerprint density at radius 3 is 2.50 bits per heavy atom. The molecule has 2 aromatic carbocycles. The summed E-state index contributed by atoms with van der Waals surface area (Å²) >= 11 is 5.92. The van der Waals surface area contributed by atoms with Crippen molar-refractivity contribution in [2.75, 3.05) is 11.6 Å². The van der Waals surface area contributed by atoms with E-state index in [1.165, 1.54) is 37.3 Å². The van der Waals surface area contributed by atoms with Gasteiger partial charge >= 0.3 is 5.97 Å². The molecule has 0 saturated carbocycles. The summed E-state index contributed by atoms with van der Waals surface area (Å²) in [6, 6.07) is 8.78. The van der Waals surface area contributed by atoms with E-state index < -0.39 is 32.7 Å². The number of carbonyl (C=O) groups excluding carboxylic acids is 2. The van der Waals surface area contributed by atoms with Gasteiger partial charge in [0.05, 0.1) is 20.4 Å². The van der Waals surface area contributed by atoms with Crippen LogP contribution in [0.2, 0.25) is 5.02 Å². The number of benzene rings is 2. The van der Waals surface area contributed by atoms with Crippen molar-refractivity contribution in [3.8, 4) is 0 Å². The smallest absolute Gasteiger partial charge is 0.340 e. The molecule has 11 heteroatoms. The predicted octanol–water partition coefficient (Wildman–Crippen LogP) is 2.84. The molecular formula is C17H15ClN2O7S. The van der Waals surface area contributed by atoms with Gasteiger partial charge in [0, 0.05) is 24.1 Å². The number of nitrogens with zero attached hydrogens (tertiary/aromatic N) is 1. The molecular weight excluding hydrogens is 412 g/mol. The number of nitrogens with one attached hydrogen (secondary N) is 1. The highest BCUT2D eigenvalue weighted by molar-refractivity contribution is 7.90. The number of nitro benzene ring substituents is 1. The summed E-state index contributed by atoms with van der Waals surface area (Å²) in [6.07, 6.45) is -0.301. The maximum absolute atomic E-state index is 12.3. The van der Waals surface area contributed by atoms with E-state index in [0.717, 1.165) is 18.4 Å². The molecule has 0 unspecified atom stereocenters. The minimum Gasteiger partial charge on any atom is -0.449 e. The Labute approximate surface area is 165 Å². The summed E-state index contributed by atoms with van der Waals surface area (Å²) in [5, 5.41) is 13.1. The van der Waals surface area contributed by atoms with Crippen LogP contribution in [-0.4, -0.2) is 37.6 Å². The highest BCUT2D eigenvalue weighted by atomic mass is 35.5. The largest absolute Gasteiger partial charge is 0.449 e. The Morgan fingerprint density at radius 1 is 1.21 bits per heavy atom. The van der Waals surface area contributed by atoms with Gasteiger partial charge in [-0.25, -0.2) is 13.2 Å². The van der Waals surface area contributed by atoms with Crippen LogP contribution in [0.15, 0.2) is 47.4 Å². The molecule has 0 spiro atoms. The van der Waals surface area contributed by atoms with E-state index >= 15 is 0 Å². The molecule has 2 aromatic rings. The number of non-ortho nitro benzene ring substituents is 1. The quantitative estimate of drug-likeness (QED) is 0.426. The van der Waals surface area contributed by atoms with Crippen molar-refractivity contribution in [1.29, 1.82) is 0 Å². The summed E-state index contributed by atoms with van der Waals surface area (Å²) in [6.45, 7) is 1.29. The lowest BCUT2D eigenvalue weighted by Gasteiger charge is -2.14.